The summed E-state index contributed by atoms with van der Waals surface area (Å²) in [5.74, 6) is 0. The topological polar surface area (TPSA) is 6.48 Å². The second-order valence-electron chi connectivity index (χ2n) is 19.4. The van der Waals surface area contributed by atoms with Crippen LogP contribution in [0.1, 0.15) is 93.3 Å². The van der Waals surface area contributed by atoms with Crippen LogP contribution in [0.2, 0.25) is 0 Å². The molecule has 2 nitrogen and oxygen atoms in total. The van der Waals surface area contributed by atoms with E-state index in [9.17, 15) is 0 Å². The van der Waals surface area contributed by atoms with Crippen molar-refractivity contribution in [3.8, 4) is 11.1 Å². The van der Waals surface area contributed by atoms with Gasteiger partial charge < -0.3 is 9.80 Å². The minimum atomic E-state index is -0.259. The molecule has 61 heavy (non-hydrogen) atoms. The molecule has 298 valence electrons. The van der Waals surface area contributed by atoms with E-state index in [1.54, 1.807) is 5.57 Å². The Hall–Kier alpha value is -6.16. The fourth-order valence-corrected chi connectivity index (χ4v) is 12.6. The first-order valence-electron chi connectivity index (χ1n) is 22.0. The highest BCUT2D eigenvalue weighted by Gasteiger charge is 2.41. The van der Waals surface area contributed by atoms with Crippen LogP contribution in [-0.2, 0) is 16.2 Å². The second-order valence-corrected chi connectivity index (χ2v) is 20.5. The maximum absolute atomic E-state index is 2.55. The number of anilines is 6. The van der Waals surface area contributed by atoms with Crippen molar-refractivity contribution in [1.29, 1.82) is 0 Å². The van der Waals surface area contributed by atoms with Crippen LogP contribution < -0.4 is 9.80 Å². The van der Waals surface area contributed by atoms with Gasteiger partial charge in [0.15, 0.2) is 0 Å². The summed E-state index contributed by atoms with van der Waals surface area (Å²) in [7, 11) is 0. The van der Waals surface area contributed by atoms with Crippen LogP contribution >= 0.6 is 11.3 Å². The standard InChI is InChI=1S/C58H50N2S/c1-35-20-27-52-50(30-35)58(6,7)51-34-38(23-28-53(51)60(52)39-22-26-43-41-15-9-12-18-47(41)57(4,5)49(43)33-39)59(36-24-29-55-45(31-36)44-16-10-13-19-54(44)61-55)37-21-25-42-40-14-8-11-17-46(40)56(2,3)48(42)32-37/h8-11,13-17,19-34H,12,18H2,1-7H3. The normalized spacial score (nSPS) is 17.2. The first-order valence-corrected chi connectivity index (χ1v) is 22.8. The number of fused-ring (bicyclic) bond motifs is 10. The number of hydrogen-bond donors (Lipinski definition) is 0. The molecule has 0 atom stereocenters. The van der Waals surface area contributed by atoms with Gasteiger partial charge in [-0.3, -0.25) is 0 Å². The Bertz CT molecular complexity index is 3260. The summed E-state index contributed by atoms with van der Waals surface area (Å²) in [5, 5.41) is 2.62. The third-order valence-electron chi connectivity index (χ3n) is 14.8. The number of hydrogen-bond acceptors (Lipinski definition) is 3. The molecule has 0 fully saturated rings. The van der Waals surface area contributed by atoms with Gasteiger partial charge in [0.05, 0.1) is 11.4 Å². The van der Waals surface area contributed by atoms with Gasteiger partial charge in [-0.25, -0.2) is 0 Å². The molecule has 0 amide bonds. The molecular weight excluding hydrogens is 757 g/mol. The minimum Gasteiger partial charge on any atom is -0.310 e. The summed E-state index contributed by atoms with van der Waals surface area (Å²) in [5.41, 5.74) is 22.1. The van der Waals surface area contributed by atoms with Crippen molar-refractivity contribution in [2.24, 2.45) is 0 Å². The molecule has 0 unspecified atom stereocenters. The molecular formula is C58H50N2S. The van der Waals surface area contributed by atoms with E-state index in [-0.39, 0.29) is 16.2 Å². The van der Waals surface area contributed by atoms with Gasteiger partial charge in [0, 0.05) is 59.2 Å². The molecule has 12 rings (SSSR count). The molecule has 1 aliphatic heterocycles. The maximum Gasteiger partial charge on any atom is 0.0504 e. The van der Waals surface area contributed by atoms with Crippen LogP contribution in [0.4, 0.5) is 34.1 Å². The number of allylic oxidation sites excluding steroid dienone is 4. The van der Waals surface area contributed by atoms with Gasteiger partial charge in [0.1, 0.15) is 0 Å². The molecule has 0 radical (unpaired) electrons. The molecule has 7 aromatic carbocycles. The van der Waals surface area contributed by atoms with Gasteiger partial charge in [-0.1, -0.05) is 132 Å². The van der Waals surface area contributed by atoms with Gasteiger partial charge in [0.25, 0.3) is 0 Å². The molecule has 1 aromatic heterocycles. The smallest absolute Gasteiger partial charge is 0.0504 e. The lowest BCUT2D eigenvalue weighted by atomic mass is 9.72. The number of rotatable bonds is 4. The highest BCUT2D eigenvalue weighted by Crippen LogP contribution is 2.57. The maximum atomic E-state index is 2.55. The van der Waals surface area contributed by atoms with Crippen molar-refractivity contribution in [2.45, 2.75) is 77.6 Å². The van der Waals surface area contributed by atoms with Gasteiger partial charge >= 0.3 is 0 Å². The first kappa shape index (κ1) is 36.7. The summed E-state index contributed by atoms with van der Waals surface area (Å²) in [6.45, 7) is 16.7. The fraction of sp³-hybridized carbons (Fsp3) is 0.207. The summed E-state index contributed by atoms with van der Waals surface area (Å²) >= 11 is 1.88. The van der Waals surface area contributed by atoms with E-state index in [0.29, 0.717) is 0 Å². The summed E-state index contributed by atoms with van der Waals surface area (Å²) in [4.78, 5) is 5.06. The number of aryl methyl sites for hydroxylation is 1. The van der Waals surface area contributed by atoms with E-state index in [1.807, 2.05) is 11.3 Å². The average Bonchev–Trinajstić information content (AvgIpc) is 3.83. The Kier molecular flexibility index (Phi) is 7.63. The lowest BCUT2D eigenvalue weighted by Gasteiger charge is -2.43. The lowest BCUT2D eigenvalue weighted by Crippen LogP contribution is -2.31. The predicted octanol–water partition coefficient (Wildman–Crippen LogP) is 16.6. The zero-order valence-corrected chi connectivity index (χ0v) is 37.0. The largest absolute Gasteiger partial charge is 0.310 e. The van der Waals surface area contributed by atoms with Crippen LogP contribution in [0.3, 0.4) is 0 Å². The lowest BCUT2D eigenvalue weighted by molar-refractivity contribution is 0.607. The third kappa shape index (κ3) is 5.14. The Balaban J connectivity index is 1.06. The molecule has 2 heterocycles. The van der Waals surface area contributed by atoms with E-state index in [2.05, 4.69) is 210 Å². The highest BCUT2D eigenvalue weighted by molar-refractivity contribution is 7.25. The van der Waals surface area contributed by atoms with Crippen LogP contribution in [0, 0.1) is 6.92 Å². The van der Waals surface area contributed by atoms with E-state index >= 15 is 0 Å². The molecule has 3 heteroatoms. The highest BCUT2D eigenvalue weighted by atomic mass is 32.1. The van der Waals surface area contributed by atoms with Crippen LogP contribution in [0.25, 0.3) is 36.9 Å². The average molecular weight is 807 g/mol. The van der Waals surface area contributed by atoms with Crippen molar-refractivity contribution >= 4 is 71.2 Å². The molecule has 0 spiro atoms. The molecule has 8 aromatic rings. The quantitative estimate of drug-likeness (QED) is 0.175. The van der Waals surface area contributed by atoms with Gasteiger partial charge in [-0.05, 0) is 143 Å². The molecule has 0 N–H and O–H groups in total. The molecule has 0 bridgehead atoms. The molecule has 3 aliphatic carbocycles. The van der Waals surface area contributed by atoms with Crippen LogP contribution in [0.15, 0.2) is 157 Å². The number of benzene rings is 7. The SMILES string of the molecule is Cc1ccc2c(c1)C(C)(C)c1cc(N(c3ccc4c(c3)C(C)(C)c3ccccc3-4)c3ccc4sc5ccccc5c4c3)ccc1N2c1ccc2c(c1)C(C)(C)C1=C2C=CCC1. The van der Waals surface area contributed by atoms with E-state index in [0.717, 1.165) is 24.2 Å². The summed E-state index contributed by atoms with van der Waals surface area (Å²) in [6.07, 6.45) is 6.98. The van der Waals surface area contributed by atoms with Gasteiger partial charge in [-0.15, -0.1) is 11.3 Å². The Morgan fingerprint density at radius 1 is 0.508 bits per heavy atom. The van der Waals surface area contributed by atoms with Crippen molar-refractivity contribution in [3.63, 3.8) is 0 Å². The zero-order valence-electron chi connectivity index (χ0n) is 36.2. The number of nitrogens with zero attached hydrogens (tertiary/aromatic N) is 2. The van der Waals surface area contributed by atoms with Crippen LogP contribution in [0.5, 0.6) is 0 Å². The predicted molar refractivity (Wildman–Crippen MR) is 261 cm³/mol. The van der Waals surface area contributed by atoms with Crippen molar-refractivity contribution in [1.82, 2.24) is 0 Å². The Labute approximate surface area is 364 Å². The molecule has 0 saturated heterocycles. The third-order valence-corrected chi connectivity index (χ3v) is 16.0. The first-order chi connectivity index (χ1) is 29.4. The fourth-order valence-electron chi connectivity index (χ4n) is 11.5. The van der Waals surface area contributed by atoms with E-state index in [4.69, 9.17) is 0 Å². The van der Waals surface area contributed by atoms with Crippen molar-refractivity contribution < 1.29 is 0 Å². The summed E-state index contributed by atoms with van der Waals surface area (Å²) in [6, 6.07) is 53.6. The van der Waals surface area contributed by atoms with E-state index < -0.39 is 0 Å². The second kappa shape index (κ2) is 12.7. The zero-order chi connectivity index (χ0) is 41.6. The Morgan fingerprint density at radius 3 is 1.98 bits per heavy atom. The van der Waals surface area contributed by atoms with Crippen molar-refractivity contribution in [3.05, 3.63) is 196 Å². The van der Waals surface area contributed by atoms with Crippen LogP contribution in [-0.4, -0.2) is 0 Å². The number of thiophene rings is 1. The minimum absolute atomic E-state index is 0.00946. The molecule has 4 aliphatic rings. The molecule has 0 saturated carbocycles. The van der Waals surface area contributed by atoms with E-state index in [1.165, 1.54) is 98.6 Å². The monoisotopic (exact) mass is 806 g/mol. The van der Waals surface area contributed by atoms with Crippen molar-refractivity contribution in [2.75, 3.05) is 9.80 Å². The summed E-state index contributed by atoms with van der Waals surface area (Å²) < 4.78 is 2.64. The van der Waals surface area contributed by atoms with Gasteiger partial charge in [-0.2, -0.15) is 0 Å². The van der Waals surface area contributed by atoms with Gasteiger partial charge in [0.2, 0.25) is 0 Å². The Morgan fingerprint density at radius 2 is 1.13 bits per heavy atom.